The number of Topliss-reactive ketones (excluding diaryl/α,β-unsaturated/α-hetero) is 1. The SMILES string of the molecule is COC(=O)/C(=C/c1ccc(Cl)c(C(F)(F)F)c1)C(C)=O. The van der Waals surface area contributed by atoms with Gasteiger partial charge in [-0.25, -0.2) is 4.79 Å². The summed E-state index contributed by atoms with van der Waals surface area (Å²) in [5.41, 5.74) is -1.36. The molecule has 0 bridgehead atoms. The normalized spacial score (nSPS) is 12.2. The first-order valence-corrected chi connectivity index (χ1v) is 5.72. The molecule has 0 fully saturated rings. The van der Waals surface area contributed by atoms with Crippen LogP contribution in [0.5, 0.6) is 0 Å². The first-order chi connectivity index (χ1) is 9.16. The number of carbonyl (C=O) groups excluding carboxylic acids is 2. The van der Waals surface area contributed by atoms with Gasteiger partial charge < -0.3 is 4.74 Å². The van der Waals surface area contributed by atoms with Gasteiger partial charge in [0.2, 0.25) is 0 Å². The smallest absolute Gasteiger partial charge is 0.417 e. The molecule has 20 heavy (non-hydrogen) atoms. The number of halogens is 4. The van der Waals surface area contributed by atoms with Crippen molar-refractivity contribution in [1.82, 2.24) is 0 Å². The minimum Gasteiger partial charge on any atom is -0.465 e. The maximum absolute atomic E-state index is 12.7. The highest BCUT2D eigenvalue weighted by Crippen LogP contribution is 2.35. The van der Waals surface area contributed by atoms with Gasteiger partial charge in [-0.15, -0.1) is 0 Å². The van der Waals surface area contributed by atoms with Gasteiger partial charge in [-0.05, 0) is 30.7 Å². The van der Waals surface area contributed by atoms with Gasteiger partial charge in [-0.3, -0.25) is 4.79 Å². The first-order valence-electron chi connectivity index (χ1n) is 5.34. The molecule has 0 atom stereocenters. The summed E-state index contributed by atoms with van der Waals surface area (Å²) in [5.74, 6) is -1.53. The lowest BCUT2D eigenvalue weighted by atomic mass is 10.1. The first kappa shape index (κ1) is 16.2. The van der Waals surface area contributed by atoms with Crippen molar-refractivity contribution in [2.75, 3.05) is 7.11 Å². The highest BCUT2D eigenvalue weighted by molar-refractivity contribution is 6.31. The number of benzene rings is 1. The Morgan fingerprint density at radius 1 is 1.30 bits per heavy atom. The van der Waals surface area contributed by atoms with Crippen molar-refractivity contribution in [3.05, 3.63) is 39.9 Å². The van der Waals surface area contributed by atoms with Crippen LogP contribution < -0.4 is 0 Å². The molecule has 7 heteroatoms. The van der Waals surface area contributed by atoms with Crippen LogP contribution in [-0.2, 0) is 20.5 Å². The van der Waals surface area contributed by atoms with Gasteiger partial charge in [0.05, 0.1) is 17.7 Å². The van der Waals surface area contributed by atoms with Crippen molar-refractivity contribution in [3.63, 3.8) is 0 Å². The Labute approximate surface area is 118 Å². The van der Waals surface area contributed by atoms with Crippen LogP contribution in [0, 0.1) is 0 Å². The molecule has 0 heterocycles. The largest absolute Gasteiger partial charge is 0.465 e. The molecule has 0 aliphatic rings. The van der Waals surface area contributed by atoms with Gasteiger partial charge in [0.15, 0.2) is 5.78 Å². The second-order valence-electron chi connectivity index (χ2n) is 3.84. The number of esters is 1. The monoisotopic (exact) mass is 306 g/mol. The van der Waals surface area contributed by atoms with E-state index in [1.54, 1.807) is 0 Å². The van der Waals surface area contributed by atoms with E-state index in [1.807, 2.05) is 0 Å². The molecule has 0 aliphatic heterocycles. The summed E-state index contributed by atoms with van der Waals surface area (Å²) in [6, 6.07) is 3.07. The van der Waals surface area contributed by atoms with Crippen molar-refractivity contribution in [2.24, 2.45) is 0 Å². The highest BCUT2D eigenvalue weighted by atomic mass is 35.5. The summed E-state index contributed by atoms with van der Waals surface area (Å²) >= 11 is 5.47. The topological polar surface area (TPSA) is 43.4 Å². The van der Waals surface area contributed by atoms with Crippen molar-refractivity contribution in [3.8, 4) is 0 Å². The molecule has 1 aromatic carbocycles. The number of hydrogen-bond acceptors (Lipinski definition) is 3. The fraction of sp³-hybridized carbons (Fsp3) is 0.231. The van der Waals surface area contributed by atoms with E-state index in [4.69, 9.17) is 11.6 Å². The number of ketones is 1. The van der Waals surface area contributed by atoms with Crippen molar-refractivity contribution in [1.29, 1.82) is 0 Å². The number of carbonyl (C=O) groups is 2. The van der Waals surface area contributed by atoms with Crippen LogP contribution in [0.4, 0.5) is 13.2 Å². The molecular weight excluding hydrogens is 297 g/mol. The quantitative estimate of drug-likeness (QED) is 0.371. The second-order valence-corrected chi connectivity index (χ2v) is 4.25. The van der Waals surface area contributed by atoms with E-state index < -0.39 is 28.5 Å². The summed E-state index contributed by atoms with van der Waals surface area (Å²) in [4.78, 5) is 22.6. The van der Waals surface area contributed by atoms with Gasteiger partial charge in [-0.2, -0.15) is 13.2 Å². The lowest BCUT2D eigenvalue weighted by Gasteiger charge is -2.10. The maximum Gasteiger partial charge on any atom is 0.417 e. The molecule has 0 aliphatic carbocycles. The average molecular weight is 307 g/mol. The number of rotatable bonds is 3. The third-order valence-corrected chi connectivity index (χ3v) is 2.72. The molecule has 3 nitrogen and oxygen atoms in total. The summed E-state index contributed by atoms with van der Waals surface area (Å²) in [6.07, 6.45) is -3.59. The third kappa shape index (κ3) is 3.84. The molecular formula is C13H10ClF3O3. The summed E-state index contributed by atoms with van der Waals surface area (Å²) < 4.78 is 42.4. The standard InChI is InChI=1S/C13H10ClF3O3/c1-7(18)9(12(19)20-2)5-8-3-4-11(14)10(6-8)13(15,16)17/h3-6H,1-2H3/b9-5+. The Morgan fingerprint density at radius 2 is 1.90 bits per heavy atom. The Morgan fingerprint density at radius 3 is 2.35 bits per heavy atom. The van der Waals surface area contributed by atoms with Gasteiger partial charge >= 0.3 is 12.1 Å². The molecule has 1 rings (SSSR count). The minimum atomic E-state index is -4.62. The van der Waals surface area contributed by atoms with E-state index >= 15 is 0 Å². The third-order valence-electron chi connectivity index (χ3n) is 2.39. The minimum absolute atomic E-state index is 0.0253. The lowest BCUT2D eigenvalue weighted by Crippen LogP contribution is -2.11. The Balaban J connectivity index is 3.34. The zero-order valence-corrected chi connectivity index (χ0v) is 11.3. The Bertz CT molecular complexity index is 577. The van der Waals surface area contributed by atoms with Crippen LogP contribution in [0.25, 0.3) is 6.08 Å². The van der Waals surface area contributed by atoms with Gasteiger partial charge in [0, 0.05) is 0 Å². The van der Waals surface area contributed by atoms with Crippen LogP contribution in [0.1, 0.15) is 18.1 Å². The molecule has 1 aromatic rings. The molecule has 0 N–H and O–H groups in total. The molecule has 0 spiro atoms. The maximum atomic E-state index is 12.7. The molecule has 0 radical (unpaired) electrons. The van der Waals surface area contributed by atoms with Crippen LogP contribution in [0.3, 0.4) is 0 Å². The number of alkyl halides is 3. The molecule has 0 unspecified atom stereocenters. The van der Waals surface area contributed by atoms with E-state index in [0.717, 1.165) is 32.2 Å². The van der Waals surface area contributed by atoms with Gasteiger partial charge in [0.1, 0.15) is 5.57 Å². The van der Waals surface area contributed by atoms with E-state index in [9.17, 15) is 22.8 Å². The summed E-state index contributed by atoms with van der Waals surface area (Å²) in [7, 11) is 1.07. The number of methoxy groups -OCH3 is 1. The summed E-state index contributed by atoms with van der Waals surface area (Å²) in [6.45, 7) is 1.11. The number of ether oxygens (including phenoxy) is 1. The van der Waals surface area contributed by atoms with E-state index in [-0.39, 0.29) is 11.1 Å². The zero-order valence-electron chi connectivity index (χ0n) is 10.5. The summed E-state index contributed by atoms with van der Waals surface area (Å²) in [5, 5.41) is -0.461. The average Bonchev–Trinajstić information content (AvgIpc) is 2.35. The van der Waals surface area contributed by atoms with Crippen LogP contribution in [0.2, 0.25) is 5.02 Å². The molecule has 0 saturated heterocycles. The fourth-order valence-electron chi connectivity index (χ4n) is 1.43. The van der Waals surface area contributed by atoms with Crippen LogP contribution in [-0.4, -0.2) is 18.9 Å². The van der Waals surface area contributed by atoms with E-state index in [2.05, 4.69) is 4.74 Å². The predicted molar refractivity (Wildman–Crippen MR) is 67.1 cm³/mol. The fourth-order valence-corrected chi connectivity index (χ4v) is 1.66. The molecule has 0 aromatic heterocycles. The van der Waals surface area contributed by atoms with Crippen LogP contribution in [0.15, 0.2) is 23.8 Å². The molecule has 0 amide bonds. The van der Waals surface area contributed by atoms with E-state index in [1.165, 1.54) is 6.07 Å². The van der Waals surface area contributed by atoms with Gasteiger partial charge in [0.25, 0.3) is 0 Å². The van der Waals surface area contributed by atoms with Crippen molar-refractivity contribution < 1.29 is 27.5 Å². The highest BCUT2D eigenvalue weighted by Gasteiger charge is 2.33. The van der Waals surface area contributed by atoms with E-state index in [0.29, 0.717) is 0 Å². The van der Waals surface area contributed by atoms with Gasteiger partial charge in [-0.1, -0.05) is 17.7 Å². The number of hydrogen-bond donors (Lipinski definition) is 0. The zero-order chi connectivity index (χ0) is 15.5. The Hall–Kier alpha value is -1.82. The Kier molecular flexibility index (Phi) is 4.94. The second kappa shape index (κ2) is 6.09. The lowest BCUT2D eigenvalue weighted by molar-refractivity contribution is -0.138. The van der Waals surface area contributed by atoms with Crippen molar-refractivity contribution in [2.45, 2.75) is 13.1 Å². The van der Waals surface area contributed by atoms with Crippen LogP contribution >= 0.6 is 11.6 Å². The molecule has 108 valence electrons. The molecule has 0 saturated carbocycles. The predicted octanol–water partition coefficient (Wildman–Crippen LogP) is 3.50. The van der Waals surface area contributed by atoms with Crippen molar-refractivity contribution >= 4 is 29.4 Å².